The van der Waals surface area contributed by atoms with E-state index in [1.54, 1.807) is 30.3 Å². The van der Waals surface area contributed by atoms with Crippen LogP contribution in [0, 0.1) is 0 Å². The number of carbonyl (C=O) groups excluding carboxylic acids is 3. The minimum atomic E-state index is -0.504. The molecule has 1 aliphatic heterocycles. The molecule has 164 valence electrons. The summed E-state index contributed by atoms with van der Waals surface area (Å²) in [6, 6.07) is 11.9. The fraction of sp³-hybridized carbons (Fsp3) is 0.318. The van der Waals surface area contributed by atoms with Gasteiger partial charge in [-0.15, -0.1) is 0 Å². The predicted octanol–water partition coefficient (Wildman–Crippen LogP) is 2.06. The van der Waals surface area contributed by atoms with E-state index in [9.17, 15) is 14.4 Å². The minimum Gasteiger partial charge on any atom is -0.493 e. The second kappa shape index (κ2) is 9.84. The standard InChI is InChI=1S/C22H25N3O6/c1-14(2)31-18-9-8-15(12-19(18)29-3)22(28)24-23-20(26)10-11-25-16-6-4-5-7-17(16)30-13-21(25)27/h4-9,12,14H,10-11,13H2,1-3H3,(H,23,26)(H,24,28). The molecule has 31 heavy (non-hydrogen) atoms. The topological polar surface area (TPSA) is 106 Å². The number of fused-ring (bicyclic) bond motifs is 1. The summed E-state index contributed by atoms with van der Waals surface area (Å²) in [5.74, 6) is 0.360. The molecule has 0 saturated heterocycles. The van der Waals surface area contributed by atoms with E-state index >= 15 is 0 Å². The van der Waals surface area contributed by atoms with Gasteiger partial charge in [-0.1, -0.05) is 12.1 Å². The molecule has 2 aromatic carbocycles. The van der Waals surface area contributed by atoms with Gasteiger partial charge in [-0.05, 0) is 44.2 Å². The molecular formula is C22H25N3O6. The Labute approximate surface area is 180 Å². The Morgan fingerprint density at radius 2 is 1.90 bits per heavy atom. The molecule has 2 N–H and O–H groups in total. The maximum atomic E-state index is 12.4. The first-order valence-electron chi connectivity index (χ1n) is 9.85. The summed E-state index contributed by atoms with van der Waals surface area (Å²) in [6.45, 7) is 3.86. The van der Waals surface area contributed by atoms with Gasteiger partial charge in [-0.3, -0.25) is 25.2 Å². The van der Waals surface area contributed by atoms with Gasteiger partial charge in [0.2, 0.25) is 5.91 Å². The Bertz CT molecular complexity index is 975. The van der Waals surface area contributed by atoms with Crippen LogP contribution in [0.5, 0.6) is 17.2 Å². The van der Waals surface area contributed by atoms with E-state index in [0.29, 0.717) is 28.5 Å². The van der Waals surface area contributed by atoms with Gasteiger partial charge in [0.15, 0.2) is 18.1 Å². The lowest BCUT2D eigenvalue weighted by Gasteiger charge is -2.29. The molecule has 3 amide bonds. The number of anilines is 1. The molecule has 0 fully saturated rings. The Morgan fingerprint density at radius 3 is 2.65 bits per heavy atom. The second-order valence-corrected chi connectivity index (χ2v) is 7.09. The Morgan fingerprint density at radius 1 is 1.13 bits per heavy atom. The average Bonchev–Trinajstić information content (AvgIpc) is 2.76. The van der Waals surface area contributed by atoms with Crippen molar-refractivity contribution < 1.29 is 28.6 Å². The van der Waals surface area contributed by atoms with Crippen LogP contribution in [0.15, 0.2) is 42.5 Å². The molecule has 1 aliphatic rings. The van der Waals surface area contributed by atoms with Crippen LogP contribution in [0.25, 0.3) is 0 Å². The summed E-state index contributed by atoms with van der Waals surface area (Å²) in [6.07, 6.45) is -0.0386. The molecule has 0 radical (unpaired) electrons. The number of nitrogens with zero attached hydrogens (tertiary/aromatic N) is 1. The van der Waals surface area contributed by atoms with Crippen LogP contribution in [0.2, 0.25) is 0 Å². The molecule has 0 aliphatic carbocycles. The third-order valence-electron chi connectivity index (χ3n) is 4.47. The van der Waals surface area contributed by atoms with Gasteiger partial charge >= 0.3 is 0 Å². The molecule has 0 bridgehead atoms. The Balaban J connectivity index is 1.54. The van der Waals surface area contributed by atoms with Crippen LogP contribution >= 0.6 is 0 Å². The molecule has 1 heterocycles. The van der Waals surface area contributed by atoms with Crippen molar-refractivity contribution in [2.45, 2.75) is 26.4 Å². The normalized spacial score (nSPS) is 12.6. The summed E-state index contributed by atoms with van der Waals surface area (Å²) in [5, 5.41) is 0. The zero-order chi connectivity index (χ0) is 22.4. The summed E-state index contributed by atoms with van der Waals surface area (Å²) in [5.41, 5.74) is 5.64. The number of hydrogen-bond acceptors (Lipinski definition) is 6. The van der Waals surface area contributed by atoms with Crippen LogP contribution in [0.4, 0.5) is 5.69 Å². The summed E-state index contributed by atoms with van der Waals surface area (Å²) < 4.78 is 16.3. The fourth-order valence-corrected chi connectivity index (χ4v) is 3.03. The zero-order valence-corrected chi connectivity index (χ0v) is 17.6. The maximum absolute atomic E-state index is 12.4. The number of ether oxygens (including phenoxy) is 3. The lowest BCUT2D eigenvalue weighted by molar-refractivity contribution is -0.122. The second-order valence-electron chi connectivity index (χ2n) is 7.09. The van der Waals surface area contributed by atoms with E-state index in [1.807, 2.05) is 19.9 Å². The third kappa shape index (κ3) is 5.44. The fourth-order valence-electron chi connectivity index (χ4n) is 3.03. The van der Waals surface area contributed by atoms with Gasteiger partial charge in [-0.25, -0.2) is 0 Å². The van der Waals surface area contributed by atoms with Gasteiger partial charge in [0.1, 0.15) is 5.75 Å². The first-order valence-corrected chi connectivity index (χ1v) is 9.85. The number of rotatable bonds is 7. The largest absolute Gasteiger partial charge is 0.493 e. The van der Waals surface area contributed by atoms with Gasteiger partial charge in [0, 0.05) is 18.5 Å². The smallest absolute Gasteiger partial charge is 0.269 e. The molecule has 0 aromatic heterocycles. The van der Waals surface area contributed by atoms with Crippen LogP contribution in [-0.2, 0) is 9.59 Å². The zero-order valence-electron chi connectivity index (χ0n) is 17.6. The average molecular weight is 427 g/mol. The first kappa shape index (κ1) is 21.9. The number of benzene rings is 2. The number of hydrazine groups is 1. The van der Waals surface area contributed by atoms with E-state index in [4.69, 9.17) is 14.2 Å². The van der Waals surface area contributed by atoms with E-state index in [0.717, 1.165) is 0 Å². The lowest BCUT2D eigenvalue weighted by Crippen LogP contribution is -2.44. The van der Waals surface area contributed by atoms with Gasteiger partial charge < -0.3 is 19.1 Å². The van der Waals surface area contributed by atoms with Crippen LogP contribution < -0.4 is 30.0 Å². The van der Waals surface area contributed by atoms with Crippen molar-refractivity contribution >= 4 is 23.4 Å². The van der Waals surface area contributed by atoms with Crippen molar-refractivity contribution in [1.82, 2.24) is 10.9 Å². The highest BCUT2D eigenvalue weighted by Crippen LogP contribution is 2.31. The monoisotopic (exact) mass is 427 g/mol. The molecule has 2 aromatic rings. The predicted molar refractivity (Wildman–Crippen MR) is 113 cm³/mol. The maximum Gasteiger partial charge on any atom is 0.269 e. The quantitative estimate of drug-likeness (QED) is 0.655. The Hall–Kier alpha value is -3.75. The first-order chi connectivity index (χ1) is 14.9. The third-order valence-corrected chi connectivity index (χ3v) is 4.47. The number of carbonyl (C=O) groups is 3. The van der Waals surface area contributed by atoms with Crippen molar-refractivity contribution in [3.8, 4) is 17.2 Å². The van der Waals surface area contributed by atoms with Crippen molar-refractivity contribution in [1.29, 1.82) is 0 Å². The number of para-hydroxylation sites is 2. The van der Waals surface area contributed by atoms with Gasteiger partial charge in [-0.2, -0.15) is 0 Å². The molecule has 3 rings (SSSR count). The van der Waals surface area contributed by atoms with E-state index in [1.165, 1.54) is 18.1 Å². The van der Waals surface area contributed by atoms with Crippen molar-refractivity contribution in [2.75, 3.05) is 25.2 Å². The van der Waals surface area contributed by atoms with Crippen LogP contribution in [-0.4, -0.2) is 44.1 Å². The number of nitrogens with one attached hydrogen (secondary N) is 2. The highest BCUT2D eigenvalue weighted by atomic mass is 16.5. The van der Waals surface area contributed by atoms with Crippen LogP contribution in [0.1, 0.15) is 30.6 Å². The SMILES string of the molecule is COc1cc(C(=O)NNC(=O)CCN2C(=O)COc3ccccc32)ccc1OC(C)C. The molecule has 9 heteroatoms. The van der Waals surface area contributed by atoms with Gasteiger partial charge in [0.05, 0.1) is 18.9 Å². The molecular weight excluding hydrogens is 402 g/mol. The number of amides is 3. The molecule has 0 unspecified atom stereocenters. The Kier molecular flexibility index (Phi) is 6.96. The van der Waals surface area contributed by atoms with E-state index < -0.39 is 11.8 Å². The molecule has 0 spiro atoms. The summed E-state index contributed by atoms with van der Waals surface area (Å²) >= 11 is 0. The summed E-state index contributed by atoms with van der Waals surface area (Å²) in [4.78, 5) is 38.2. The minimum absolute atomic E-state index is 0.00480. The molecule has 0 atom stereocenters. The van der Waals surface area contributed by atoms with Crippen molar-refractivity contribution in [2.24, 2.45) is 0 Å². The van der Waals surface area contributed by atoms with Gasteiger partial charge in [0.25, 0.3) is 11.8 Å². The molecule has 9 nitrogen and oxygen atoms in total. The van der Waals surface area contributed by atoms with E-state index in [2.05, 4.69) is 10.9 Å². The van der Waals surface area contributed by atoms with Crippen molar-refractivity contribution in [3.05, 3.63) is 48.0 Å². The lowest BCUT2D eigenvalue weighted by atomic mass is 10.2. The van der Waals surface area contributed by atoms with Crippen molar-refractivity contribution in [3.63, 3.8) is 0 Å². The number of hydrogen-bond donors (Lipinski definition) is 2. The van der Waals surface area contributed by atoms with Crippen LogP contribution in [0.3, 0.4) is 0 Å². The molecule has 0 saturated carbocycles. The summed E-state index contributed by atoms with van der Waals surface area (Å²) in [7, 11) is 1.48. The number of methoxy groups -OCH3 is 1. The van der Waals surface area contributed by atoms with E-state index in [-0.39, 0.29) is 31.6 Å². The highest BCUT2D eigenvalue weighted by molar-refractivity contribution is 5.99. The highest BCUT2D eigenvalue weighted by Gasteiger charge is 2.25.